The van der Waals surface area contributed by atoms with Gasteiger partial charge < -0.3 is 10.2 Å². The van der Waals surface area contributed by atoms with E-state index in [0.29, 0.717) is 6.07 Å². The van der Waals surface area contributed by atoms with E-state index in [1.165, 1.54) is 0 Å². The van der Waals surface area contributed by atoms with E-state index < -0.39 is 33.9 Å². The molecule has 1 aromatic carbocycles. The standard InChI is InChI=1S/C7H3ClF2O3/c8-4-2(7(12)13)1-3(11)5(9)6(4)10/h1,11H,(H,12,13). The summed E-state index contributed by atoms with van der Waals surface area (Å²) < 4.78 is 25.2. The van der Waals surface area contributed by atoms with E-state index >= 15 is 0 Å². The van der Waals surface area contributed by atoms with Gasteiger partial charge in [-0.15, -0.1) is 0 Å². The van der Waals surface area contributed by atoms with E-state index in [4.69, 9.17) is 21.8 Å². The predicted octanol–water partition coefficient (Wildman–Crippen LogP) is 2.02. The first-order chi connectivity index (χ1) is 5.95. The summed E-state index contributed by atoms with van der Waals surface area (Å²) in [5.41, 5.74) is -0.682. The molecule has 2 N–H and O–H groups in total. The van der Waals surface area contributed by atoms with Crippen molar-refractivity contribution in [2.45, 2.75) is 0 Å². The molecule has 13 heavy (non-hydrogen) atoms. The van der Waals surface area contributed by atoms with Gasteiger partial charge in [0.2, 0.25) is 5.82 Å². The molecule has 0 saturated heterocycles. The van der Waals surface area contributed by atoms with Gasteiger partial charge in [-0.1, -0.05) is 11.6 Å². The highest BCUT2D eigenvalue weighted by Crippen LogP contribution is 2.28. The van der Waals surface area contributed by atoms with Gasteiger partial charge in [0.1, 0.15) is 0 Å². The highest BCUT2D eigenvalue weighted by Gasteiger charge is 2.20. The van der Waals surface area contributed by atoms with Crippen molar-refractivity contribution < 1.29 is 23.8 Å². The highest BCUT2D eigenvalue weighted by molar-refractivity contribution is 6.33. The van der Waals surface area contributed by atoms with E-state index in [0.717, 1.165) is 0 Å². The second-order valence-corrected chi connectivity index (χ2v) is 2.57. The van der Waals surface area contributed by atoms with Crippen molar-refractivity contribution in [2.75, 3.05) is 0 Å². The summed E-state index contributed by atoms with van der Waals surface area (Å²) >= 11 is 5.16. The number of carbonyl (C=O) groups is 1. The average molecular weight is 209 g/mol. The largest absolute Gasteiger partial charge is 0.505 e. The van der Waals surface area contributed by atoms with Crippen molar-refractivity contribution in [1.82, 2.24) is 0 Å². The Balaban J connectivity index is 3.50. The topological polar surface area (TPSA) is 57.5 Å². The molecule has 0 heterocycles. The Hall–Kier alpha value is -1.36. The fourth-order valence-electron chi connectivity index (χ4n) is 0.746. The number of hydrogen-bond donors (Lipinski definition) is 2. The minimum atomic E-state index is -1.57. The minimum Gasteiger partial charge on any atom is -0.505 e. The average Bonchev–Trinajstić information content (AvgIpc) is 2.07. The van der Waals surface area contributed by atoms with Crippen LogP contribution in [0.25, 0.3) is 0 Å². The molecule has 0 spiro atoms. The van der Waals surface area contributed by atoms with Crippen LogP contribution < -0.4 is 0 Å². The number of halogens is 3. The lowest BCUT2D eigenvalue weighted by molar-refractivity contribution is 0.0696. The van der Waals surface area contributed by atoms with Gasteiger partial charge >= 0.3 is 5.97 Å². The molecule has 0 fully saturated rings. The van der Waals surface area contributed by atoms with Gasteiger partial charge in [0.25, 0.3) is 0 Å². The summed E-state index contributed by atoms with van der Waals surface area (Å²) in [6.07, 6.45) is 0. The maximum atomic E-state index is 12.7. The van der Waals surface area contributed by atoms with Crippen LogP contribution in [0.1, 0.15) is 10.4 Å². The van der Waals surface area contributed by atoms with Crippen molar-refractivity contribution in [1.29, 1.82) is 0 Å². The van der Waals surface area contributed by atoms with Crippen molar-refractivity contribution in [3.05, 3.63) is 28.3 Å². The lowest BCUT2D eigenvalue weighted by Gasteiger charge is -2.02. The van der Waals surface area contributed by atoms with Gasteiger partial charge in [-0.3, -0.25) is 0 Å². The molecule has 0 aliphatic heterocycles. The number of hydrogen-bond acceptors (Lipinski definition) is 2. The molecule has 0 bridgehead atoms. The van der Waals surface area contributed by atoms with Crippen molar-refractivity contribution >= 4 is 17.6 Å². The monoisotopic (exact) mass is 208 g/mol. The van der Waals surface area contributed by atoms with E-state index in [9.17, 15) is 13.6 Å². The van der Waals surface area contributed by atoms with Crippen LogP contribution >= 0.6 is 11.6 Å². The molecule has 0 aromatic heterocycles. The molecule has 6 heteroatoms. The molecule has 0 saturated carbocycles. The van der Waals surface area contributed by atoms with Crippen LogP contribution in [-0.4, -0.2) is 16.2 Å². The quantitative estimate of drug-likeness (QED) is 0.695. The number of benzene rings is 1. The Bertz CT molecular complexity index is 378. The van der Waals surface area contributed by atoms with Gasteiger partial charge in [0, 0.05) is 0 Å². The van der Waals surface area contributed by atoms with Gasteiger partial charge in [-0.25, -0.2) is 9.18 Å². The molecular weight excluding hydrogens is 206 g/mol. The molecular formula is C7H3ClF2O3. The predicted molar refractivity (Wildman–Crippen MR) is 40.0 cm³/mol. The first-order valence-electron chi connectivity index (χ1n) is 3.05. The smallest absolute Gasteiger partial charge is 0.337 e. The van der Waals surface area contributed by atoms with Crippen LogP contribution in [0.5, 0.6) is 5.75 Å². The molecule has 0 radical (unpaired) electrons. The Kier molecular flexibility index (Phi) is 2.38. The lowest BCUT2D eigenvalue weighted by atomic mass is 10.2. The number of aromatic carboxylic acids is 1. The number of rotatable bonds is 1. The Morgan fingerprint density at radius 2 is 1.92 bits per heavy atom. The van der Waals surface area contributed by atoms with Crippen LogP contribution in [0.4, 0.5) is 8.78 Å². The Labute approximate surface area is 76.2 Å². The molecule has 0 aliphatic rings. The van der Waals surface area contributed by atoms with E-state index in [2.05, 4.69) is 0 Å². The first-order valence-corrected chi connectivity index (χ1v) is 3.42. The number of aromatic hydroxyl groups is 1. The zero-order valence-corrected chi connectivity index (χ0v) is 6.77. The summed E-state index contributed by atoms with van der Waals surface area (Å²) in [5.74, 6) is -5.76. The third-order valence-electron chi connectivity index (χ3n) is 1.36. The number of phenols is 1. The van der Waals surface area contributed by atoms with Gasteiger partial charge in [-0.05, 0) is 6.07 Å². The first kappa shape index (κ1) is 9.73. The molecule has 1 rings (SSSR count). The minimum absolute atomic E-state index is 0.545. The molecule has 3 nitrogen and oxygen atoms in total. The van der Waals surface area contributed by atoms with Crippen LogP contribution in [0.3, 0.4) is 0 Å². The third-order valence-corrected chi connectivity index (χ3v) is 1.73. The zero-order valence-electron chi connectivity index (χ0n) is 6.01. The molecule has 0 amide bonds. The number of carboxylic acid groups (broad SMARTS) is 1. The summed E-state index contributed by atoms with van der Waals surface area (Å²) in [4.78, 5) is 10.4. The zero-order chi connectivity index (χ0) is 10.2. The SMILES string of the molecule is O=C(O)c1cc(O)c(F)c(F)c1Cl. The van der Waals surface area contributed by atoms with Crippen LogP contribution in [0, 0.1) is 11.6 Å². The molecule has 0 atom stereocenters. The second kappa shape index (κ2) is 3.18. The second-order valence-electron chi connectivity index (χ2n) is 2.19. The van der Waals surface area contributed by atoms with Gasteiger partial charge in [0.05, 0.1) is 10.6 Å². The fraction of sp³-hybridized carbons (Fsp3) is 0. The van der Waals surface area contributed by atoms with E-state index in [1.807, 2.05) is 0 Å². The van der Waals surface area contributed by atoms with Crippen molar-refractivity contribution in [3.8, 4) is 5.75 Å². The molecule has 70 valence electrons. The fourth-order valence-corrected chi connectivity index (χ4v) is 0.964. The van der Waals surface area contributed by atoms with E-state index in [-0.39, 0.29) is 0 Å². The van der Waals surface area contributed by atoms with Crippen LogP contribution in [-0.2, 0) is 0 Å². The number of carboxylic acids is 1. The van der Waals surface area contributed by atoms with Crippen LogP contribution in [0.15, 0.2) is 6.07 Å². The highest BCUT2D eigenvalue weighted by atomic mass is 35.5. The molecule has 0 unspecified atom stereocenters. The third kappa shape index (κ3) is 1.55. The normalized spacial score (nSPS) is 10.1. The summed E-state index contributed by atoms with van der Waals surface area (Å²) in [6.45, 7) is 0. The van der Waals surface area contributed by atoms with Crippen LogP contribution in [0.2, 0.25) is 5.02 Å². The summed E-state index contributed by atoms with van der Waals surface area (Å²) in [7, 11) is 0. The van der Waals surface area contributed by atoms with Gasteiger partial charge in [-0.2, -0.15) is 4.39 Å². The lowest BCUT2D eigenvalue weighted by Crippen LogP contribution is -2.01. The Morgan fingerprint density at radius 1 is 1.38 bits per heavy atom. The molecule has 1 aromatic rings. The maximum Gasteiger partial charge on any atom is 0.337 e. The summed E-state index contributed by atoms with van der Waals surface area (Å²) in [5, 5.41) is 16.3. The van der Waals surface area contributed by atoms with E-state index in [1.54, 1.807) is 0 Å². The van der Waals surface area contributed by atoms with Crippen molar-refractivity contribution in [3.63, 3.8) is 0 Å². The van der Waals surface area contributed by atoms with Gasteiger partial charge in [0.15, 0.2) is 11.6 Å². The van der Waals surface area contributed by atoms with Crippen molar-refractivity contribution in [2.24, 2.45) is 0 Å². The Morgan fingerprint density at radius 3 is 2.38 bits per heavy atom. The number of phenolic OH excluding ortho intramolecular Hbond substituents is 1. The maximum absolute atomic E-state index is 12.7. The summed E-state index contributed by atoms with van der Waals surface area (Å²) in [6, 6.07) is 0.545. The molecule has 0 aliphatic carbocycles.